The number of carboxylic acids is 1. The van der Waals surface area contributed by atoms with Gasteiger partial charge in [0.15, 0.2) is 0 Å². The fourth-order valence-corrected chi connectivity index (χ4v) is 3.12. The van der Waals surface area contributed by atoms with Crippen LogP contribution in [-0.2, 0) is 22.0 Å². The third-order valence-electron chi connectivity index (χ3n) is 4.39. The second-order valence-electron chi connectivity index (χ2n) is 9.97. The maximum atomic E-state index is 11.7. The number of hydrogen-bond donors (Lipinski definition) is 3. The molecule has 1 aromatic carbocycles. The molecule has 0 aliphatic rings. The molecule has 0 aromatic heterocycles. The molecule has 1 aromatic rings. The van der Waals surface area contributed by atoms with E-state index in [1.165, 1.54) is 0 Å². The van der Waals surface area contributed by atoms with E-state index in [4.69, 9.17) is 5.73 Å². The van der Waals surface area contributed by atoms with E-state index >= 15 is 0 Å². The molecule has 1 rings (SSSR count). The Labute approximate surface area is 152 Å². The SMILES string of the molecule is CC(C)(N)CC(Cc1cc(C(C)(C)C)c(O)c(C(C)(C)C)c1)C(=O)O. The molecule has 0 bridgehead atoms. The molecular weight excluding hydrogens is 314 g/mol. The molecule has 0 aliphatic carbocycles. The largest absolute Gasteiger partial charge is 0.507 e. The summed E-state index contributed by atoms with van der Waals surface area (Å²) in [4.78, 5) is 11.7. The van der Waals surface area contributed by atoms with Crippen LogP contribution in [0.2, 0.25) is 0 Å². The van der Waals surface area contributed by atoms with Crippen LogP contribution in [0, 0.1) is 5.92 Å². The van der Waals surface area contributed by atoms with Crippen molar-refractivity contribution in [2.24, 2.45) is 11.7 Å². The normalized spacial score (nSPS) is 14.4. The number of hydrogen-bond acceptors (Lipinski definition) is 3. The van der Waals surface area contributed by atoms with Gasteiger partial charge < -0.3 is 15.9 Å². The third-order valence-corrected chi connectivity index (χ3v) is 4.39. The van der Waals surface area contributed by atoms with E-state index in [-0.39, 0.29) is 10.8 Å². The number of benzene rings is 1. The lowest BCUT2D eigenvalue weighted by Gasteiger charge is -2.29. The highest BCUT2D eigenvalue weighted by molar-refractivity contribution is 5.70. The van der Waals surface area contributed by atoms with E-state index in [1.54, 1.807) is 0 Å². The molecule has 0 saturated carbocycles. The first kappa shape index (κ1) is 21.5. The first-order valence-electron chi connectivity index (χ1n) is 8.91. The summed E-state index contributed by atoms with van der Waals surface area (Å²) >= 11 is 0. The second-order valence-corrected chi connectivity index (χ2v) is 9.97. The lowest BCUT2D eigenvalue weighted by atomic mass is 9.77. The molecule has 25 heavy (non-hydrogen) atoms. The molecule has 0 fully saturated rings. The average Bonchev–Trinajstić information content (AvgIpc) is 2.35. The highest BCUT2D eigenvalue weighted by Crippen LogP contribution is 2.40. The quantitative estimate of drug-likeness (QED) is 0.737. The fraction of sp³-hybridized carbons (Fsp3) is 0.667. The van der Waals surface area contributed by atoms with Gasteiger partial charge in [-0.2, -0.15) is 0 Å². The van der Waals surface area contributed by atoms with Gasteiger partial charge in [0, 0.05) is 5.54 Å². The molecule has 4 heteroatoms. The van der Waals surface area contributed by atoms with Crippen LogP contribution in [-0.4, -0.2) is 21.7 Å². The Morgan fingerprint density at radius 3 is 1.68 bits per heavy atom. The van der Waals surface area contributed by atoms with Gasteiger partial charge >= 0.3 is 5.97 Å². The minimum atomic E-state index is -0.832. The standard InChI is InChI=1S/C21H35NO3/c1-19(2,3)15-10-13(11-16(17(15)23)20(4,5)6)9-14(18(24)25)12-21(7,8)22/h10-11,14,23H,9,12,22H2,1-8H3,(H,24,25). The van der Waals surface area contributed by atoms with Crippen molar-refractivity contribution >= 4 is 5.97 Å². The zero-order valence-electron chi connectivity index (χ0n) is 17.0. The minimum Gasteiger partial charge on any atom is -0.507 e. The molecular formula is C21H35NO3. The molecule has 0 heterocycles. The summed E-state index contributed by atoms with van der Waals surface area (Å²) < 4.78 is 0. The predicted molar refractivity (Wildman–Crippen MR) is 103 cm³/mol. The van der Waals surface area contributed by atoms with Gasteiger partial charge in [0.25, 0.3) is 0 Å². The maximum Gasteiger partial charge on any atom is 0.306 e. The van der Waals surface area contributed by atoms with Crippen LogP contribution in [0.3, 0.4) is 0 Å². The Balaban J connectivity index is 3.42. The summed E-state index contributed by atoms with van der Waals surface area (Å²) in [5.74, 6) is -1.07. The van der Waals surface area contributed by atoms with Crippen LogP contribution < -0.4 is 5.73 Å². The zero-order valence-corrected chi connectivity index (χ0v) is 17.0. The number of phenolic OH excluding ortho intramolecular Hbond substituents is 1. The topological polar surface area (TPSA) is 83.5 Å². The molecule has 0 spiro atoms. The van der Waals surface area contributed by atoms with E-state index in [9.17, 15) is 15.0 Å². The molecule has 0 amide bonds. The minimum absolute atomic E-state index is 0.230. The van der Waals surface area contributed by atoms with Gasteiger partial charge in [-0.1, -0.05) is 53.7 Å². The van der Waals surface area contributed by atoms with Gasteiger partial charge in [-0.15, -0.1) is 0 Å². The smallest absolute Gasteiger partial charge is 0.306 e. The highest BCUT2D eigenvalue weighted by Gasteiger charge is 2.29. The molecule has 1 atom stereocenters. The third kappa shape index (κ3) is 6.03. The van der Waals surface area contributed by atoms with Crippen LogP contribution in [0.1, 0.15) is 78.5 Å². The second kappa shape index (κ2) is 6.99. The first-order chi connectivity index (χ1) is 11.0. The predicted octanol–water partition coefficient (Wildman–Crippen LogP) is 4.36. The number of nitrogens with two attached hydrogens (primary N) is 1. The van der Waals surface area contributed by atoms with Crippen LogP contribution in [0.25, 0.3) is 0 Å². The lowest BCUT2D eigenvalue weighted by Crippen LogP contribution is -2.37. The highest BCUT2D eigenvalue weighted by atomic mass is 16.4. The summed E-state index contributed by atoms with van der Waals surface area (Å²) in [6, 6.07) is 3.90. The van der Waals surface area contributed by atoms with Crippen molar-refractivity contribution in [1.82, 2.24) is 0 Å². The molecule has 4 nitrogen and oxygen atoms in total. The summed E-state index contributed by atoms with van der Waals surface area (Å²) in [5.41, 5.74) is 7.68. The van der Waals surface area contributed by atoms with E-state index in [1.807, 2.05) is 26.0 Å². The van der Waals surface area contributed by atoms with E-state index in [0.717, 1.165) is 16.7 Å². The summed E-state index contributed by atoms with van der Waals surface area (Å²) in [6.45, 7) is 16.0. The van der Waals surface area contributed by atoms with Crippen molar-refractivity contribution < 1.29 is 15.0 Å². The monoisotopic (exact) mass is 349 g/mol. The molecule has 0 aliphatic heterocycles. The number of rotatable bonds is 5. The Morgan fingerprint density at radius 2 is 1.40 bits per heavy atom. The van der Waals surface area contributed by atoms with Gasteiger partial charge in [0.05, 0.1) is 5.92 Å². The summed E-state index contributed by atoms with van der Waals surface area (Å²) in [6.07, 6.45) is 0.807. The maximum absolute atomic E-state index is 11.7. The van der Waals surface area contributed by atoms with Crippen molar-refractivity contribution in [1.29, 1.82) is 0 Å². The van der Waals surface area contributed by atoms with Crippen molar-refractivity contribution in [3.05, 3.63) is 28.8 Å². The number of aromatic hydroxyl groups is 1. The van der Waals surface area contributed by atoms with Gasteiger partial charge in [0.2, 0.25) is 0 Å². The van der Waals surface area contributed by atoms with Crippen molar-refractivity contribution in [3.63, 3.8) is 0 Å². The first-order valence-corrected chi connectivity index (χ1v) is 8.91. The van der Waals surface area contributed by atoms with Crippen molar-refractivity contribution in [2.75, 3.05) is 0 Å². The number of carboxylic acid groups (broad SMARTS) is 1. The van der Waals surface area contributed by atoms with E-state index in [2.05, 4.69) is 41.5 Å². The number of aliphatic carboxylic acids is 1. The van der Waals surface area contributed by atoms with Crippen LogP contribution in [0.5, 0.6) is 5.75 Å². The van der Waals surface area contributed by atoms with E-state index in [0.29, 0.717) is 18.6 Å². The Hall–Kier alpha value is -1.55. The molecule has 0 saturated heterocycles. The number of phenols is 1. The van der Waals surface area contributed by atoms with Crippen LogP contribution in [0.4, 0.5) is 0 Å². The Kier molecular flexibility index (Phi) is 6.01. The van der Waals surface area contributed by atoms with Gasteiger partial charge in [0.1, 0.15) is 5.75 Å². The van der Waals surface area contributed by atoms with E-state index < -0.39 is 17.4 Å². The molecule has 0 radical (unpaired) electrons. The van der Waals surface area contributed by atoms with Gasteiger partial charge in [-0.05, 0) is 54.2 Å². The summed E-state index contributed by atoms with van der Waals surface area (Å²) in [7, 11) is 0. The van der Waals surface area contributed by atoms with Gasteiger partial charge in [-0.25, -0.2) is 0 Å². The molecule has 142 valence electrons. The van der Waals surface area contributed by atoms with Crippen molar-refractivity contribution in [2.45, 2.75) is 84.6 Å². The van der Waals surface area contributed by atoms with Crippen molar-refractivity contribution in [3.8, 4) is 5.75 Å². The molecule has 4 N–H and O–H groups in total. The van der Waals surface area contributed by atoms with Crippen LogP contribution in [0.15, 0.2) is 12.1 Å². The Bertz CT molecular complexity index is 593. The van der Waals surface area contributed by atoms with Gasteiger partial charge in [-0.3, -0.25) is 4.79 Å². The summed E-state index contributed by atoms with van der Waals surface area (Å²) in [5, 5.41) is 20.4. The van der Waals surface area contributed by atoms with Crippen LogP contribution >= 0.6 is 0 Å². The molecule has 1 unspecified atom stereocenters. The Morgan fingerprint density at radius 1 is 1.00 bits per heavy atom. The lowest BCUT2D eigenvalue weighted by molar-refractivity contribution is -0.142. The fourth-order valence-electron chi connectivity index (χ4n) is 3.12. The zero-order chi connectivity index (χ0) is 19.8. The number of carbonyl (C=O) groups is 1. The average molecular weight is 350 g/mol.